The van der Waals surface area contributed by atoms with Crippen molar-refractivity contribution in [1.82, 2.24) is 24.7 Å². The van der Waals surface area contributed by atoms with Gasteiger partial charge in [-0.25, -0.2) is 14.4 Å². The van der Waals surface area contributed by atoms with Gasteiger partial charge in [0.2, 0.25) is 5.95 Å². The Morgan fingerprint density at radius 3 is 2.92 bits per heavy atom. The zero-order chi connectivity index (χ0) is 17.6. The summed E-state index contributed by atoms with van der Waals surface area (Å²) >= 11 is 0. The number of aliphatic hydroxyl groups is 1. The van der Waals surface area contributed by atoms with Gasteiger partial charge in [0.1, 0.15) is 5.82 Å². The summed E-state index contributed by atoms with van der Waals surface area (Å²) in [7, 11) is 0. The summed E-state index contributed by atoms with van der Waals surface area (Å²) in [5.74, 6) is 0.153. The Kier molecular flexibility index (Phi) is 3.61. The molecule has 0 aliphatic heterocycles. The minimum absolute atomic E-state index is 0.00635. The lowest BCUT2D eigenvalue weighted by Gasteiger charge is -2.13. The number of H-pyrrole nitrogens is 1. The zero-order valence-electron chi connectivity index (χ0n) is 13.8. The molecule has 0 aliphatic rings. The monoisotopic (exact) mass is 340 g/mol. The van der Waals surface area contributed by atoms with E-state index < -0.39 is 0 Å². The highest BCUT2D eigenvalue weighted by Crippen LogP contribution is 2.31. The lowest BCUT2D eigenvalue weighted by Crippen LogP contribution is -2.21. The van der Waals surface area contributed by atoms with Gasteiger partial charge in [-0.05, 0) is 32.0 Å². The first-order valence-corrected chi connectivity index (χ1v) is 7.93. The van der Waals surface area contributed by atoms with Crippen molar-refractivity contribution in [2.24, 2.45) is 0 Å². The van der Waals surface area contributed by atoms with Crippen LogP contribution in [-0.2, 0) is 0 Å². The first-order valence-electron chi connectivity index (χ1n) is 7.93. The molecular weight excluding hydrogens is 323 g/mol. The van der Waals surface area contributed by atoms with Gasteiger partial charge in [-0.2, -0.15) is 5.10 Å². The Balaban J connectivity index is 1.90. The fraction of sp³-hybridized carbons (Fsp3) is 0.235. The molecule has 0 saturated heterocycles. The first kappa shape index (κ1) is 15.5. The molecule has 8 heteroatoms. The molecular formula is C17H17FN6O. The van der Waals surface area contributed by atoms with Crippen molar-refractivity contribution in [3.05, 3.63) is 42.1 Å². The highest BCUT2D eigenvalue weighted by Gasteiger charge is 2.17. The number of aryl methyl sites for hydroxylation is 1. The summed E-state index contributed by atoms with van der Waals surface area (Å²) in [5, 5.41) is 19.9. The fourth-order valence-electron chi connectivity index (χ4n) is 2.96. The molecule has 128 valence electrons. The van der Waals surface area contributed by atoms with Crippen LogP contribution in [0.1, 0.15) is 12.6 Å². The molecule has 0 unspecified atom stereocenters. The molecule has 0 aliphatic carbocycles. The quantitative estimate of drug-likeness (QED) is 0.531. The van der Waals surface area contributed by atoms with Gasteiger partial charge in [-0.1, -0.05) is 0 Å². The molecule has 1 atom stereocenters. The molecule has 25 heavy (non-hydrogen) atoms. The van der Waals surface area contributed by atoms with Crippen LogP contribution in [0.4, 0.5) is 10.3 Å². The summed E-state index contributed by atoms with van der Waals surface area (Å²) in [4.78, 5) is 8.81. The van der Waals surface area contributed by atoms with E-state index in [1.807, 2.05) is 18.4 Å². The summed E-state index contributed by atoms with van der Waals surface area (Å²) in [6, 6.07) is 4.51. The maximum atomic E-state index is 13.7. The van der Waals surface area contributed by atoms with Crippen LogP contribution >= 0.6 is 0 Å². The Hall–Kier alpha value is -3.00. The van der Waals surface area contributed by atoms with E-state index in [0.29, 0.717) is 5.95 Å². The number of rotatable bonds is 4. The molecule has 3 aromatic heterocycles. The molecule has 3 heterocycles. The average Bonchev–Trinajstić information content (AvgIpc) is 3.16. The van der Waals surface area contributed by atoms with Crippen molar-refractivity contribution in [2.45, 2.75) is 19.9 Å². The van der Waals surface area contributed by atoms with E-state index in [2.05, 4.69) is 25.5 Å². The highest BCUT2D eigenvalue weighted by molar-refractivity contribution is 6.06. The minimum atomic E-state index is -0.299. The van der Waals surface area contributed by atoms with E-state index in [4.69, 9.17) is 5.11 Å². The summed E-state index contributed by atoms with van der Waals surface area (Å²) in [6.45, 7) is 3.72. The summed E-state index contributed by atoms with van der Waals surface area (Å²) in [6.07, 6.45) is 3.41. The van der Waals surface area contributed by atoms with E-state index in [0.717, 1.165) is 33.3 Å². The van der Waals surface area contributed by atoms with Crippen molar-refractivity contribution in [1.29, 1.82) is 0 Å². The zero-order valence-corrected chi connectivity index (χ0v) is 13.8. The molecule has 0 bridgehead atoms. The second-order valence-electron chi connectivity index (χ2n) is 6.02. The smallest absolute Gasteiger partial charge is 0.223 e. The number of nitrogens with zero attached hydrogens (tertiary/aromatic N) is 4. The Bertz CT molecular complexity index is 1070. The Morgan fingerprint density at radius 2 is 2.16 bits per heavy atom. The first-order chi connectivity index (χ1) is 12.1. The van der Waals surface area contributed by atoms with Crippen LogP contribution in [-0.4, -0.2) is 42.5 Å². The van der Waals surface area contributed by atoms with Crippen LogP contribution in [0.3, 0.4) is 0 Å². The number of halogens is 1. The van der Waals surface area contributed by atoms with Crippen LogP contribution in [0.15, 0.2) is 30.6 Å². The number of fused-ring (bicyclic) bond motifs is 3. The van der Waals surface area contributed by atoms with Gasteiger partial charge in [0, 0.05) is 11.4 Å². The molecule has 4 aromatic rings. The van der Waals surface area contributed by atoms with Crippen LogP contribution in [0, 0.1) is 12.7 Å². The number of aromatic nitrogens is 5. The molecule has 0 fully saturated rings. The van der Waals surface area contributed by atoms with Gasteiger partial charge >= 0.3 is 0 Å². The summed E-state index contributed by atoms with van der Waals surface area (Å²) in [5.41, 5.74) is 3.99. The standard InChI is InChI=1S/C17H17FN6O/c1-9(8-25)21-17-19-6-14(10(2)22-17)24-13-4-3-11(18)5-12(13)16-15(24)7-20-23-16/h3-7,9,25H,8H2,1-2H3,(H,20,23)(H,19,21,22)/t9-/m1/s1. The molecule has 4 rings (SSSR count). The maximum Gasteiger partial charge on any atom is 0.223 e. The second kappa shape index (κ2) is 5.82. The number of aliphatic hydroxyl groups excluding tert-OH is 1. The normalized spacial score (nSPS) is 12.8. The second-order valence-corrected chi connectivity index (χ2v) is 6.02. The number of hydrogen-bond donors (Lipinski definition) is 3. The lowest BCUT2D eigenvalue weighted by atomic mass is 10.2. The topological polar surface area (TPSA) is 91.7 Å². The minimum Gasteiger partial charge on any atom is -0.394 e. The van der Waals surface area contributed by atoms with Crippen LogP contribution in [0.2, 0.25) is 0 Å². The van der Waals surface area contributed by atoms with E-state index in [1.165, 1.54) is 12.1 Å². The molecule has 0 spiro atoms. The summed E-state index contributed by atoms with van der Waals surface area (Å²) < 4.78 is 15.6. The lowest BCUT2D eigenvalue weighted by molar-refractivity contribution is 0.281. The number of nitrogens with one attached hydrogen (secondary N) is 2. The molecule has 7 nitrogen and oxygen atoms in total. The van der Waals surface area contributed by atoms with E-state index >= 15 is 0 Å². The van der Waals surface area contributed by atoms with Crippen molar-refractivity contribution in [3.8, 4) is 5.69 Å². The molecule has 0 amide bonds. The van der Waals surface area contributed by atoms with Gasteiger partial charge < -0.3 is 15.0 Å². The Labute approximate surface area is 142 Å². The molecule has 0 saturated carbocycles. The van der Waals surface area contributed by atoms with Crippen LogP contribution < -0.4 is 5.32 Å². The van der Waals surface area contributed by atoms with Crippen LogP contribution in [0.5, 0.6) is 0 Å². The third-order valence-corrected chi connectivity index (χ3v) is 4.17. The highest BCUT2D eigenvalue weighted by atomic mass is 19.1. The molecule has 1 aromatic carbocycles. The van der Waals surface area contributed by atoms with E-state index in [1.54, 1.807) is 18.5 Å². The van der Waals surface area contributed by atoms with Gasteiger partial charge in [0.05, 0.1) is 46.9 Å². The van der Waals surface area contributed by atoms with Gasteiger partial charge in [-0.3, -0.25) is 5.10 Å². The average molecular weight is 340 g/mol. The van der Waals surface area contributed by atoms with Gasteiger partial charge in [0.25, 0.3) is 0 Å². The van der Waals surface area contributed by atoms with Crippen molar-refractivity contribution < 1.29 is 9.50 Å². The van der Waals surface area contributed by atoms with E-state index in [9.17, 15) is 4.39 Å². The fourth-order valence-corrected chi connectivity index (χ4v) is 2.96. The molecule has 3 N–H and O–H groups in total. The number of hydrogen-bond acceptors (Lipinski definition) is 5. The largest absolute Gasteiger partial charge is 0.394 e. The maximum absolute atomic E-state index is 13.7. The Morgan fingerprint density at radius 1 is 1.32 bits per heavy atom. The number of aromatic amines is 1. The SMILES string of the molecule is Cc1nc(N[C@H](C)CO)ncc1-n1c2ccc(F)cc2c2[nH]ncc21. The third kappa shape index (κ3) is 2.51. The number of anilines is 1. The number of benzene rings is 1. The van der Waals surface area contributed by atoms with Gasteiger partial charge in [0.15, 0.2) is 0 Å². The third-order valence-electron chi connectivity index (χ3n) is 4.17. The van der Waals surface area contributed by atoms with Crippen molar-refractivity contribution in [3.63, 3.8) is 0 Å². The van der Waals surface area contributed by atoms with Crippen LogP contribution in [0.25, 0.3) is 27.6 Å². The molecule has 0 radical (unpaired) electrons. The van der Waals surface area contributed by atoms with Crippen molar-refractivity contribution >= 4 is 27.9 Å². The van der Waals surface area contributed by atoms with Gasteiger partial charge in [-0.15, -0.1) is 0 Å². The van der Waals surface area contributed by atoms with E-state index in [-0.39, 0.29) is 18.5 Å². The van der Waals surface area contributed by atoms with Crippen molar-refractivity contribution in [2.75, 3.05) is 11.9 Å². The predicted octanol–water partition coefficient (Wildman–Crippen LogP) is 2.54. The predicted molar refractivity (Wildman–Crippen MR) is 93.4 cm³/mol.